The molecule has 0 aliphatic carbocycles. The summed E-state index contributed by atoms with van der Waals surface area (Å²) < 4.78 is 18.2. The van der Waals surface area contributed by atoms with E-state index in [1.165, 1.54) is 173 Å². The van der Waals surface area contributed by atoms with E-state index >= 15 is 0 Å². The minimum absolute atomic E-state index is 0.462. The van der Waals surface area contributed by atoms with Gasteiger partial charge in [0.15, 0.2) is 0 Å². The van der Waals surface area contributed by atoms with Crippen molar-refractivity contribution >= 4 is 0 Å². The third-order valence-electron chi connectivity index (χ3n) is 8.26. The van der Waals surface area contributed by atoms with Gasteiger partial charge in [-0.3, -0.25) is 0 Å². The molecular formula is C37H76O3. The van der Waals surface area contributed by atoms with E-state index in [-0.39, 0.29) is 0 Å². The van der Waals surface area contributed by atoms with Crippen LogP contribution in [0.5, 0.6) is 0 Å². The number of ether oxygens (including phenoxy) is 3. The predicted octanol–water partition coefficient (Wildman–Crippen LogP) is 13.1. The topological polar surface area (TPSA) is 27.7 Å². The van der Waals surface area contributed by atoms with Crippen LogP contribution in [-0.2, 0) is 14.2 Å². The fraction of sp³-hybridized carbons (Fsp3) is 1.00. The summed E-state index contributed by atoms with van der Waals surface area (Å²) in [7, 11) is 0. The summed E-state index contributed by atoms with van der Waals surface area (Å²) in [6, 6.07) is 0. The molecule has 3 nitrogen and oxygen atoms in total. The summed E-state index contributed by atoms with van der Waals surface area (Å²) >= 11 is 0. The van der Waals surface area contributed by atoms with Gasteiger partial charge in [-0.1, -0.05) is 194 Å². The minimum Gasteiger partial charge on any atom is -0.330 e. The van der Waals surface area contributed by atoms with Crippen LogP contribution in [0.2, 0.25) is 0 Å². The van der Waals surface area contributed by atoms with Crippen LogP contribution in [0.1, 0.15) is 213 Å². The Balaban J connectivity index is 3.89. The van der Waals surface area contributed by atoms with Gasteiger partial charge in [-0.2, -0.15) is 0 Å². The molecule has 0 aromatic carbocycles. The van der Waals surface area contributed by atoms with Gasteiger partial charge in [0.05, 0.1) is 19.8 Å². The highest BCUT2D eigenvalue weighted by Gasteiger charge is 2.10. The molecule has 3 heteroatoms. The number of unbranched alkanes of at least 4 members (excludes halogenated alkanes) is 27. The second kappa shape index (κ2) is 36.9. The molecule has 0 heterocycles. The van der Waals surface area contributed by atoms with Crippen molar-refractivity contribution in [3.05, 3.63) is 0 Å². The average Bonchev–Trinajstić information content (AvgIpc) is 2.97. The smallest absolute Gasteiger partial charge is 0.271 e. The second-order valence-corrected chi connectivity index (χ2v) is 12.4. The zero-order valence-corrected chi connectivity index (χ0v) is 28.1. The van der Waals surface area contributed by atoms with E-state index in [1.54, 1.807) is 0 Å². The first-order chi connectivity index (χ1) is 19.8. The van der Waals surface area contributed by atoms with E-state index in [0.29, 0.717) is 0 Å². The molecule has 0 unspecified atom stereocenters. The maximum atomic E-state index is 6.05. The quantitative estimate of drug-likeness (QED) is 0.0555. The summed E-state index contributed by atoms with van der Waals surface area (Å²) in [5, 5.41) is 0. The molecule has 0 N–H and O–H groups in total. The van der Waals surface area contributed by atoms with Crippen LogP contribution >= 0.6 is 0 Å². The Bertz CT molecular complexity index is 366. The first kappa shape index (κ1) is 39.9. The van der Waals surface area contributed by atoms with E-state index in [1.807, 2.05) is 0 Å². The van der Waals surface area contributed by atoms with Crippen molar-refractivity contribution < 1.29 is 14.2 Å². The maximum absolute atomic E-state index is 6.05. The highest BCUT2D eigenvalue weighted by Crippen LogP contribution is 2.14. The molecule has 0 radical (unpaired) electrons. The normalized spacial score (nSPS) is 11.7. The van der Waals surface area contributed by atoms with E-state index in [0.717, 1.165) is 39.1 Å². The van der Waals surface area contributed by atoms with Gasteiger partial charge < -0.3 is 14.2 Å². The van der Waals surface area contributed by atoms with Gasteiger partial charge in [0.1, 0.15) is 0 Å². The maximum Gasteiger partial charge on any atom is 0.271 e. The molecule has 0 aliphatic heterocycles. The van der Waals surface area contributed by atoms with Crippen LogP contribution in [0.15, 0.2) is 0 Å². The van der Waals surface area contributed by atoms with Crippen molar-refractivity contribution in [2.24, 2.45) is 0 Å². The molecule has 0 bridgehead atoms. The Labute approximate surface area is 253 Å². The Morgan fingerprint density at radius 1 is 0.250 bits per heavy atom. The lowest BCUT2D eigenvalue weighted by atomic mass is 10.1. The van der Waals surface area contributed by atoms with Crippen molar-refractivity contribution in [2.45, 2.75) is 220 Å². The average molecular weight is 569 g/mol. The molecule has 0 aliphatic rings. The van der Waals surface area contributed by atoms with Gasteiger partial charge in [0.2, 0.25) is 0 Å². The van der Waals surface area contributed by atoms with Crippen LogP contribution in [0, 0.1) is 0 Å². The summed E-state index contributed by atoms with van der Waals surface area (Å²) in [4.78, 5) is 0. The van der Waals surface area contributed by atoms with Crippen LogP contribution < -0.4 is 0 Å². The van der Waals surface area contributed by atoms with Gasteiger partial charge in [-0.15, -0.1) is 0 Å². The molecular weight excluding hydrogens is 492 g/mol. The molecule has 242 valence electrons. The molecule has 0 saturated heterocycles. The van der Waals surface area contributed by atoms with Crippen molar-refractivity contribution in [1.82, 2.24) is 0 Å². The lowest BCUT2D eigenvalue weighted by Gasteiger charge is -2.19. The molecule has 0 fully saturated rings. The Morgan fingerprint density at radius 3 is 0.625 bits per heavy atom. The summed E-state index contributed by atoms with van der Waals surface area (Å²) in [6.07, 6.45) is 40.5. The summed E-state index contributed by atoms with van der Waals surface area (Å²) in [6.45, 7) is 8.69. The molecule has 0 saturated carbocycles. The highest BCUT2D eigenvalue weighted by atomic mass is 16.8. The van der Waals surface area contributed by atoms with E-state index in [4.69, 9.17) is 14.2 Å². The van der Waals surface area contributed by atoms with Crippen LogP contribution in [0.25, 0.3) is 0 Å². The van der Waals surface area contributed by atoms with Crippen molar-refractivity contribution in [2.75, 3.05) is 19.8 Å². The first-order valence-electron chi connectivity index (χ1n) is 18.7. The van der Waals surface area contributed by atoms with Crippen LogP contribution in [0.3, 0.4) is 0 Å². The number of hydrogen-bond donors (Lipinski definition) is 0. The monoisotopic (exact) mass is 569 g/mol. The van der Waals surface area contributed by atoms with E-state index in [9.17, 15) is 0 Å². The predicted molar refractivity (Wildman–Crippen MR) is 177 cm³/mol. The Hall–Kier alpha value is -0.120. The lowest BCUT2D eigenvalue weighted by molar-refractivity contribution is -0.288. The van der Waals surface area contributed by atoms with Crippen molar-refractivity contribution in [3.63, 3.8) is 0 Å². The number of rotatable bonds is 36. The molecule has 0 rings (SSSR count). The highest BCUT2D eigenvalue weighted by molar-refractivity contribution is 4.50. The lowest BCUT2D eigenvalue weighted by Crippen LogP contribution is -2.23. The van der Waals surface area contributed by atoms with Crippen LogP contribution in [0.4, 0.5) is 0 Å². The number of hydrogen-bond acceptors (Lipinski definition) is 3. The van der Waals surface area contributed by atoms with Crippen LogP contribution in [-0.4, -0.2) is 26.3 Å². The Morgan fingerprint density at radius 2 is 0.425 bits per heavy atom. The van der Waals surface area contributed by atoms with E-state index < -0.39 is 6.48 Å². The third-order valence-corrected chi connectivity index (χ3v) is 8.26. The molecule has 0 spiro atoms. The largest absolute Gasteiger partial charge is 0.330 e. The zero-order valence-electron chi connectivity index (χ0n) is 28.1. The molecule has 0 aromatic rings. The summed E-state index contributed by atoms with van der Waals surface area (Å²) in [5.41, 5.74) is 0. The van der Waals surface area contributed by atoms with Crippen molar-refractivity contribution in [1.29, 1.82) is 0 Å². The molecule has 0 atom stereocenters. The van der Waals surface area contributed by atoms with Gasteiger partial charge in [-0.05, 0) is 19.3 Å². The first-order valence-corrected chi connectivity index (χ1v) is 18.7. The van der Waals surface area contributed by atoms with Gasteiger partial charge in [0.25, 0.3) is 6.48 Å². The van der Waals surface area contributed by atoms with Gasteiger partial charge in [0, 0.05) is 0 Å². The van der Waals surface area contributed by atoms with Gasteiger partial charge in [-0.25, -0.2) is 0 Å². The van der Waals surface area contributed by atoms with E-state index in [2.05, 4.69) is 20.8 Å². The molecule has 0 aromatic heterocycles. The standard InChI is InChI=1S/C37H76O3/c1-4-7-10-13-16-19-22-25-28-31-34-38-37(39-35-32-29-26-23-20-17-14-11-8-5-2)40-36-33-30-27-24-21-18-15-12-9-6-3/h37H,4-36H2,1-3H3. The second-order valence-electron chi connectivity index (χ2n) is 12.4. The summed E-state index contributed by atoms with van der Waals surface area (Å²) in [5.74, 6) is 0. The zero-order chi connectivity index (χ0) is 29.0. The van der Waals surface area contributed by atoms with Gasteiger partial charge >= 0.3 is 0 Å². The third kappa shape index (κ3) is 34.1. The molecule has 40 heavy (non-hydrogen) atoms. The van der Waals surface area contributed by atoms with Crippen molar-refractivity contribution in [3.8, 4) is 0 Å². The Kier molecular flexibility index (Phi) is 36.8. The fourth-order valence-electron chi connectivity index (χ4n) is 5.45. The fourth-order valence-corrected chi connectivity index (χ4v) is 5.45. The SMILES string of the molecule is CCCCCCCCCCCCOC(OCCCCCCCCCCCC)OCCCCCCCCCCCC. The minimum atomic E-state index is -0.462. The molecule has 0 amide bonds.